The Kier molecular flexibility index (Phi) is 6.04. The van der Waals surface area contributed by atoms with Gasteiger partial charge in [0.25, 0.3) is 5.56 Å². The first-order chi connectivity index (χ1) is 16.8. The Bertz CT molecular complexity index is 1480. The maximum Gasteiger partial charge on any atom is 0.260 e. The van der Waals surface area contributed by atoms with Crippen molar-refractivity contribution in [2.24, 2.45) is 0 Å². The summed E-state index contributed by atoms with van der Waals surface area (Å²) in [6.45, 7) is 0. The molecule has 3 aromatic carbocycles. The predicted molar refractivity (Wildman–Crippen MR) is 145 cm³/mol. The first kappa shape index (κ1) is 21.7. The molecule has 0 radical (unpaired) electrons. The average Bonchev–Trinajstić information content (AvgIpc) is 3.27. The van der Waals surface area contributed by atoms with E-state index >= 15 is 0 Å². The standard InChI is InChI=1S/C28H22N2OS3/c31-26-23-21-16-22(19-12-6-2-7-13-19)33-24(20-14-8-3-9-15-20)25(21)34-27(23)30-28(29-26)32-17-18-10-4-1-5-11-18/h1-15,22,24H,16-17H2,(H,29,30,31)/t22-,24-/m0/s1. The van der Waals surface area contributed by atoms with Crippen molar-refractivity contribution >= 4 is 45.1 Å². The normalized spacial score (nSPS) is 17.5. The topological polar surface area (TPSA) is 45.8 Å². The van der Waals surface area contributed by atoms with E-state index in [1.165, 1.54) is 21.6 Å². The lowest BCUT2D eigenvalue weighted by atomic mass is 9.98. The number of H-pyrrole nitrogens is 1. The molecule has 0 bridgehead atoms. The van der Waals surface area contributed by atoms with Crippen LogP contribution in [-0.4, -0.2) is 9.97 Å². The number of fused-ring (bicyclic) bond motifs is 3. The first-order valence-corrected chi connectivity index (χ1v) is 14.0. The Morgan fingerprint density at radius 2 is 1.53 bits per heavy atom. The molecule has 34 heavy (non-hydrogen) atoms. The molecule has 168 valence electrons. The molecule has 3 heterocycles. The van der Waals surface area contributed by atoms with E-state index in [1.807, 2.05) is 30.0 Å². The third kappa shape index (κ3) is 4.22. The molecule has 0 unspecified atom stereocenters. The van der Waals surface area contributed by atoms with Gasteiger partial charge in [-0.3, -0.25) is 4.79 Å². The Balaban J connectivity index is 1.42. The van der Waals surface area contributed by atoms with E-state index in [4.69, 9.17) is 4.98 Å². The number of thioether (sulfide) groups is 2. The van der Waals surface area contributed by atoms with Gasteiger partial charge in [-0.05, 0) is 28.7 Å². The van der Waals surface area contributed by atoms with E-state index < -0.39 is 0 Å². The van der Waals surface area contributed by atoms with Gasteiger partial charge in [0, 0.05) is 15.9 Å². The van der Waals surface area contributed by atoms with Gasteiger partial charge in [-0.15, -0.1) is 23.1 Å². The van der Waals surface area contributed by atoms with Crippen LogP contribution >= 0.6 is 34.9 Å². The summed E-state index contributed by atoms with van der Waals surface area (Å²) in [6.07, 6.45) is 0.842. The van der Waals surface area contributed by atoms with E-state index in [0.29, 0.717) is 10.4 Å². The van der Waals surface area contributed by atoms with Crippen molar-refractivity contribution in [1.29, 1.82) is 0 Å². The van der Waals surface area contributed by atoms with E-state index in [1.54, 1.807) is 23.1 Å². The second-order valence-electron chi connectivity index (χ2n) is 8.30. The van der Waals surface area contributed by atoms with Gasteiger partial charge in [-0.25, -0.2) is 4.98 Å². The maximum absolute atomic E-state index is 13.3. The molecule has 6 rings (SSSR count). The van der Waals surface area contributed by atoms with Crippen LogP contribution in [0, 0.1) is 0 Å². The lowest BCUT2D eigenvalue weighted by molar-refractivity contribution is 0.890. The lowest BCUT2D eigenvalue weighted by Gasteiger charge is -2.29. The van der Waals surface area contributed by atoms with Crippen molar-refractivity contribution in [3.05, 3.63) is 128 Å². The van der Waals surface area contributed by atoms with Crippen molar-refractivity contribution in [1.82, 2.24) is 9.97 Å². The highest BCUT2D eigenvalue weighted by atomic mass is 32.2. The number of hydrogen-bond donors (Lipinski definition) is 1. The molecule has 1 N–H and O–H groups in total. The molecule has 3 nitrogen and oxygen atoms in total. The van der Waals surface area contributed by atoms with Crippen LogP contribution in [0.25, 0.3) is 10.2 Å². The molecule has 0 amide bonds. The molecule has 0 aliphatic carbocycles. The third-order valence-corrected chi connectivity index (χ3v) is 9.92. The van der Waals surface area contributed by atoms with E-state index in [9.17, 15) is 4.79 Å². The zero-order chi connectivity index (χ0) is 22.9. The Morgan fingerprint density at radius 1 is 0.882 bits per heavy atom. The molecule has 1 aliphatic heterocycles. The van der Waals surface area contributed by atoms with Crippen LogP contribution < -0.4 is 5.56 Å². The summed E-state index contributed by atoms with van der Waals surface area (Å²) in [7, 11) is 0. The zero-order valence-corrected chi connectivity index (χ0v) is 20.8. The average molecular weight is 499 g/mol. The molecule has 5 aromatic rings. The molecule has 6 heteroatoms. The lowest BCUT2D eigenvalue weighted by Crippen LogP contribution is -2.15. The summed E-state index contributed by atoms with van der Waals surface area (Å²) >= 11 is 5.24. The summed E-state index contributed by atoms with van der Waals surface area (Å²) in [4.78, 5) is 23.4. The van der Waals surface area contributed by atoms with Gasteiger partial charge in [0.1, 0.15) is 4.83 Å². The number of aromatic amines is 1. The summed E-state index contributed by atoms with van der Waals surface area (Å²) in [6, 6.07) is 31.5. The van der Waals surface area contributed by atoms with E-state index in [-0.39, 0.29) is 10.8 Å². The summed E-state index contributed by atoms with van der Waals surface area (Å²) in [5.74, 6) is 0.777. The summed E-state index contributed by atoms with van der Waals surface area (Å²) < 4.78 is 0. The highest BCUT2D eigenvalue weighted by molar-refractivity contribution is 8.00. The predicted octanol–water partition coefficient (Wildman–Crippen LogP) is 7.40. The van der Waals surface area contributed by atoms with Gasteiger partial charge in [-0.1, -0.05) is 103 Å². The molecule has 1 aliphatic rings. The van der Waals surface area contributed by atoms with Crippen molar-refractivity contribution in [3.63, 3.8) is 0 Å². The monoisotopic (exact) mass is 498 g/mol. The third-order valence-electron chi connectivity index (χ3n) is 6.09. The second-order valence-corrected chi connectivity index (χ2v) is 11.6. The largest absolute Gasteiger partial charge is 0.301 e. The van der Waals surface area contributed by atoms with Gasteiger partial charge in [0.2, 0.25) is 0 Å². The van der Waals surface area contributed by atoms with E-state index in [0.717, 1.165) is 28.0 Å². The van der Waals surface area contributed by atoms with Crippen LogP contribution in [0.5, 0.6) is 0 Å². The highest BCUT2D eigenvalue weighted by Crippen LogP contribution is 2.54. The van der Waals surface area contributed by atoms with Gasteiger partial charge in [0.05, 0.1) is 10.6 Å². The number of nitrogens with one attached hydrogen (secondary N) is 1. The van der Waals surface area contributed by atoms with Gasteiger partial charge >= 0.3 is 0 Å². The summed E-state index contributed by atoms with van der Waals surface area (Å²) in [5, 5.41) is 1.94. The molecule has 0 saturated heterocycles. The minimum atomic E-state index is -0.0245. The number of aromatic nitrogens is 2. The summed E-state index contributed by atoms with van der Waals surface area (Å²) in [5.41, 5.74) is 4.93. The van der Waals surface area contributed by atoms with Crippen molar-refractivity contribution in [2.75, 3.05) is 0 Å². The zero-order valence-electron chi connectivity index (χ0n) is 18.3. The van der Waals surface area contributed by atoms with Crippen LogP contribution in [0.2, 0.25) is 0 Å². The maximum atomic E-state index is 13.3. The number of rotatable bonds is 5. The minimum Gasteiger partial charge on any atom is -0.301 e. The fraction of sp³-hybridized carbons (Fsp3) is 0.143. The van der Waals surface area contributed by atoms with Crippen LogP contribution in [0.1, 0.15) is 37.6 Å². The molecule has 0 saturated carbocycles. The Labute approximate surface area is 210 Å². The van der Waals surface area contributed by atoms with Crippen LogP contribution in [-0.2, 0) is 12.2 Å². The van der Waals surface area contributed by atoms with Crippen molar-refractivity contribution in [2.45, 2.75) is 27.8 Å². The molecular formula is C28H22N2OS3. The van der Waals surface area contributed by atoms with Crippen molar-refractivity contribution < 1.29 is 0 Å². The van der Waals surface area contributed by atoms with Gasteiger partial charge in [-0.2, -0.15) is 0 Å². The number of hydrogen-bond acceptors (Lipinski definition) is 5. The number of benzene rings is 3. The SMILES string of the molecule is O=c1[nH]c(SCc2ccccc2)nc2sc3c(c12)C[C@@H](c1ccccc1)S[C@H]3c1ccccc1. The van der Waals surface area contributed by atoms with Gasteiger partial charge in [0.15, 0.2) is 5.16 Å². The second kappa shape index (κ2) is 9.45. The minimum absolute atomic E-state index is 0.0245. The molecular weight excluding hydrogens is 477 g/mol. The van der Waals surface area contributed by atoms with Crippen LogP contribution in [0.4, 0.5) is 0 Å². The molecule has 2 aromatic heterocycles. The van der Waals surface area contributed by atoms with Gasteiger partial charge < -0.3 is 4.98 Å². The number of nitrogens with zero attached hydrogens (tertiary/aromatic N) is 1. The Morgan fingerprint density at radius 3 is 2.24 bits per heavy atom. The molecule has 2 atom stereocenters. The fourth-order valence-electron chi connectivity index (χ4n) is 4.45. The smallest absolute Gasteiger partial charge is 0.260 e. The molecule has 0 spiro atoms. The molecule has 0 fully saturated rings. The van der Waals surface area contributed by atoms with Crippen molar-refractivity contribution in [3.8, 4) is 0 Å². The number of thiophene rings is 1. The van der Waals surface area contributed by atoms with E-state index in [2.05, 4.69) is 77.8 Å². The first-order valence-electron chi connectivity index (χ1n) is 11.2. The van der Waals surface area contributed by atoms with Crippen LogP contribution in [0.15, 0.2) is 101 Å². The highest BCUT2D eigenvalue weighted by Gasteiger charge is 2.34. The Hall–Kier alpha value is -2.80. The van der Waals surface area contributed by atoms with Crippen LogP contribution in [0.3, 0.4) is 0 Å². The quantitative estimate of drug-likeness (QED) is 0.203. The fourth-order valence-corrected chi connectivity index (χ4v) is 8.34.